The van der Waals surface area contributed by atoms with Gasteiger partial charge >= 0.3 is 0 Å². The van der Waals surface area contributed by atoms with Crippen molar-refractivity contribution in [1.29, 1.82) is 0 Å². The molecule has 18 heavy (non-hydrogen) atoms. The van der Waals surface area contributed by atoms with Crippen LogP contribution in [0.3, 0.4) is 0 Å². The third-order valence-corrected chi connectivity index (χ3v) is 3.87. The average molecular weight is 277 g/mol. The highest BCUT2D eigenvalue weighted by Gasteiger charge is 2.25. The first-order valence-electron chi connectivity index (χ1n) is 7.28. The first kappa shape index (κ1) is 16.2. The minimum atomic E-state index is 0. The normalized spacial score (nSPS) is 26.5. The van der Waals surface area contributed by atoms with E-state index in [2.05, 4.69) is 24.1 Å². The van der Waals surface area contributed by atoms with Gasteiger partial charge in [0.05, 0.1) is 6.10 Å². The summed E-state index contributed by atoms with van der Waals surface area (Å²) in [5, 5.41) is 3.44. The van der Waals surface area contributed by atoms with Crippen molar-refractivity contribution in [3.05, 3.63) is 0 Å². The van der Waals surface area contributed by atoms with E-state index in [1.54, 1.807) is 0 Å². The molecule has 2 heterocycles. The van der Waals surface area contributed by atoms with Crippen LogP contribution in [0.1, 0.15) is 33.1 Å². The summed E-state index contributed by atoms with van der Waals surface area (Å²) in [5.41, 5.74) is 0. The Bertz CT molecular complexity index is 220. The summed E-state index contributed by atoms with van der Waals surface area (Å²) < 4.78 is 5.93. The number of halogens is 1. The first-order valence-corrected chi connectivity index (χ1v) is 7.28. The van der Waals surface area contributed by atoms with E-state index >= 15 is 0 Å². The second-order valence-electron chi connectivity index (χ2n) is 6.09. The molecule has 1 unspecified atom stereocenters. The molecule has 2 fully saturated rings. The number of hydrogen-bond donors (Lipinski definition) is 1. The molecule has 108 valence electrons. The molecule has 0 saturated carbocycles. The molecule has 0 spiro atoms. The Morgan fingerprint density at radius 1 is 1.22 bits per heavy atom. The van der Waals surface area contributed by atoms with Gasteiger partial charge < -0.3 is 15.0 Å². The second-order valence-corrected chi connectivity index (χ2v) is 6.09. The van der Waals surface area contributed by atoms with Crippen LogP contribution in [-0.4, -0.2) is 50.3 Å². The van der Waals surface area contributed by atoms with Crippen LogP contribution in [0.4, 0.5) is 0 Å². The maximum absolute atomic E-state index is 5.93. The van der Waals surface area contributed by atoms with Crippen LogP contribution in [0, 0.1) is 11.8 Å². The Morgan fingerprint density at radius 2 is 1.94 bits per heavy atom. The fourth-order valence-corrected chi connectivity index (χ4v) is 2.86. The molecule has 2 aliphatic rings. The topological polar surface area (TPSA) is 24.5 Å². The van der Waals surface area contributed by atoms with Crippen molar-refractivity contribution >= 4 is 12.4 Å². The molecule has 0 aromatic rings. The quantitative estimate of drug-likeness (QED) is 0.833. The lowest BCUT2D eigenvalue weighted by molar-refractivity contribution is 0.0404. The molecular weight excluding hydrogens is 248 g/mol. The van der Waals surface area contributed by atoms with Crippen molar-refractivity contribution in [3.63, 3.8) is 0 Å². The molecule has 3 nitrogen and oxygen atoms in total. The van der Waals surface area contributed by atoms with Crippen LogP contribution >= 0.6 is 12.4 Å². The van der Waals surface area contributed by atoms with Crippen LogP contribution < -0.4 is 5.32 Å². The zero-order chi connectivity index (χ0) is 12.1. The standard InChI is InChI=1S/C14H28N2O.ClH/c1-12(2)11-17-14-5-8-16(10-14)9-13-3-6-15-7-4-13;/h12-15H,3-11H2,1-2H3;1H. The minimum Gasteiger partial charge on any atom is -0.377 e. The molecule has 4 heteroatoms. The number of hydrogen-bond acceptors (Lipinski definition) is 3. The molecular formula is C14H29ClN2O. The lowest BCUT2D eigenvalue weighted by Gasteiger charge is -2.27. The molecule has 2 saturated heterocycles. The van der Waals surface area contributed by atoms with E-state index in [0.29, 0.717) is 12.0 Å². The smallest absolute Gasteiger partial charge is 0.0714 e. The summed E-state index contributed by atoms with van der Waals surface area (Å²) in [6.45, 7) is 11.5. The lowest BCUT2D eigenvalue weighted by Crippen LogP contribution is -2.35. The monoisotopic (exact) mass is 276 g/mol. The van der Waals surface area contributed by atoms with Gasteiger partial charge in [-0.3, -0.25) is 0 Å². The van der Waals surface area contributed by atoms with E-state index in [1.165, 1.54) is 45.4 Å². The highest BCUT2D eigenvalue weighted by atomic mass is 35.5. The highest BCUT2D eigenvalue weighted by molar-refractivity contribution is 5.85. The van der Waals surface area contributed by atoms with E-state index in [0.717, 1.165) is 19.1 Å². The number of nitrogens with one attached hydrogen (secondary N) is 1. The maximum atomic E-state index is 5.93. The second kappa shape index (κ2) is 8.36. The lowest BCUT2D eigenvalue weighted by atomic mass is 9.98. The summed E-state index contributed by atoms with van der Waals surface area (Å²) in [7, 11) is 0. The van der Waals surface area contributed by atoms with Crippen molar-refractivity contribution in [2.24, 2.45) is 11.8 Å². The van der Waals surface area contributed by atoms with Gasteiger partial charge in [0.1, 0.15) is 0 Å². The third kappa shape index (κ3) is 5.43. The average Bonchev–Trinajstić information content (AvgIpc) is 2.75. The zero-order valence-corrected chi connectivity index (χ0v) is 12.7. The van der Waals surface area contributed by atoms with Gasteiger partial charge in [-0.25, -0.2) is 0 Å². The summed E-state index contributed by atoms with van der Waals surface area (Å²) in [6.07, 6.45) is 4.44. The molecule has 1 N–H and O–H groups in total. The number of piperidine rings is 1. The van der Waals surface area contributed by atoms with Crippen molar-refractivity contribution in [2.75, 3.05) is 39.3 Å². The minimum absolute atomic E-state index is 0. The number of rotatable bonds is 5. The van der Waals surface area contributed by atoms with E-state index in [9.17, 15) is 0 Å². The molecule has 0 amide bonds. The highest BCUT2D eigenvalue weighted by Crippen LogP contribution is 2.19. The molecule has 0 bridgehead atoms. The predicted molar refractivity (Wildman–Crippen MR) is 78.5 cm³/mol. The van der Waals surface area contributed by atoms with Gasteiger partial charge in [0.25, 0.3) is 0 Å². The maximum Gasteiger partial charge on any atom is 0.0714 e. The molecule has 0 aromatic carbocycles. The van der Waals surface area contributed by atoms with E-state index in [4.69, 9.17) is 4.74 Å². The summed E-state index contributed by atoms with van der Waals surface area (Å²) in [5.74, 6) is 1.58. The molecule has 2 rings (SSSR count). The Kier molecular flexibility index (Phi) is 7.54. The number of ether oxygens (including phenoxy) is 1. The fraction of sp³-hybridized carbons (Fsp3) is 1.00. The van der Waals surface area contributed by atoms with Gasteiger partial charge in [-0.05, 0) is 44.2 Å². The Hall–Kier alpha value is 0.170. The molecule has 0 radical (unpaired) electrons. The van der Waals surface area contributed by atoms with Gasteiger partial charge in [-0.15, -0.1) is 12.4 Å². The van der Waals surface area contributed by atoms with Crippen LogP contribution in [0.5, 0.6) is 0 Å². The Morgan fingerprint density at radius 3 is 2.61 bits per heavy atom. The summed E-state index contributed by atoms with van der Waals surface area (Å²) in [6, 6.07) is 0. The number of nitrogens with zero attached hydrogens (tertiary/aromatic N) is 1. The molecule has 0 aromatic heterocycles. The van der Waals surface area contributed by atoms with Gasteiger partial charge in [-0.1, -0.05) is 13.8 Å². The SMILES string of the molecule is CC(C)COC1CCN(CC2CCNCC2)C1.Cl. The van der Waals surface area contributed by atoms with Gasteiger partial charge in [0.2, 0.25) is 0 Å². The van der Waals surface area contributed by atoms with Crippen molar-refractivity contribution in [2.45, 2.75) is 39.2 Å². The Balaban J connectivity index is 0.00000162. The van der Waals surface area contributed by atoms with Crippen molar-refractivity contribution in [3.8, 4) is 0 Å². The van der Waals surface area contributed by atoms with Crippen molar-refractivity contribution < 1.29 is 4.74 Å². The van der Waals surface area contributed by atoms with Crippen LogP contribution in [0.15, 0.2) is 0 Å². The fourth-order valence-electron chi connectivity index (χ4n) is 2.86. The Labute approximate surface area is 118 Å². The van der Waals surface area contributed by atoms with E-state index < -0.39 is 0 Å². The van der Waals surface area contributed by atoms with Crippen LogP contribution in [0.25, 0.3) is 0 Å². The van der Waals surface area contributed by atoms with Crippen LogP contribution in [-0.2, 0) is 4.74 Å². The van der Waals surface area contributed by atoms with Gasteiger partial charge in [-0.2, -0.15) is 0 Å². The van der Waals surface area contributed by atoms with Crippen molar-refractivity contribution in [1.82, 2.24) is 10.2 Å². The van der Waals surface area contributed by atoms with E-state index in [-0.39, 0.29) is 12.4 Å². The van der Waals surface area contributed by atoms with Crippen LogP contribution in [0.2, 0.25) is 0 Å². The predicted octanol–water partition coefficient (Wildman–Crippen LogP) is 2.15. The largest absolute Gasteiger partial charge is 0.377 e. The molecule has 2 aliphatic heterocycles. The summed E-state index contributed by atoms with van der Waals surface area (Å²) in [4.78, 5) is 2.61. The third-order valence-electron chi connectivity index (χ3n) is 3.87. The van der Waals surface area contributed by atoms with Gasteiger partial charge in [0.15, 0.2) is 0 Å². The van der Waals surface area contributed by atoms with E-state index in [1.807, 2.05) is 0 Å². The summed E-state index contributed by atoms with van der Waals surface area (Å²) >= 11 is 0. The molecule has 0 aliphatic carbocycles. The zero-order valence-electron chi connectivity index (χ0n) is 11.9. The molecule has 1 atom stereocenters. The first-order chi connectivity index (χ1) is 8.24. The van der Waals surface area contributed by atoms with Gasteiger partial charge in [0, 0.05) is 26.2 Å². The number of likely N-dealkylation sites (tertiary alicyclic amines) is 1.